The van der Waals surface area contributed by atoms with Gasteiger partial charge in [-0.1, -0.05) is 0 Å². The fraction of sp³-hybridized carbons (Fsp3) is 0.462. The van der Waals surface area contributed by atoms with Crippen LogP contribution in [0.3, 0.4) is 0 Å². The zero-order valence-corrected chi connectivity index (χ0v) is 10.1. The van der Waals surface area contributed by atoms with Gasteiger partial charge in [-0.15, -0.1) is 0 Å². The first kappa shape index (κ1) is 12.7. The quantitative estimate of drug-likeness (QED) is 0.591. The Morgan fingerprint density at radius 1 is 1.22 bits per heavy atom. The largest absolute Gasteiger partial charge is 0.493 e. The van der Waals surface area contributed by atoms with E-state index in [1.807, 2.05) is 0 Å². The smallest absolute Gasteiger partial charge is 0.231 e. The number of aliphatic hydroxyl groups excluding tert-OH is 1. The predicted molar refractivity (Wildman–Crippen MR) is 64.4 cm³/mol. The second kappa shape index (κ2) is 6.26. The lowest BCUT2D eigenvalue weighted by atomic mass is 10.2. The highest BCUT2D eigenvalue weighted by atomic mass is 16.7. The number of hydrogen-bond acceptors (Lipinski definition) is 5. The van der Waals surface area contributed by atoms with Crippen LogP contribution in [0.25, 0.3) is 0 Å². The zero-order chi connectivity index (χ0) is 12.8. The van der Waals surface area contributed by atoms with Crippen molar-refractivity contribution in [3.8, 4) is 17.2 Å². The van der Waals surface area contributed by atoms with Crippen LogP contribution in [0.5, 0.6) is 17.2 Å². The van der Waals surface area contributed by atoms with Gasteiger partial charge in [0, 0.05) is 12.7 Å². The van der Waals surface area contributed by atoms with Gasteiger partial charge in [0.05, 0.1) is 12.2 Å². The Labute approximate surface area is 105 Å². The second-order valence-electron chi connectivity index (χ2n) is 3.99. The van der Waals surface area contributed by atoms with Crippen molar-refractivity contribution < 1.29 is 24.1 Å². The summed E-state index contributed by atoms with van der Waals surface area (Å²) in [5.41, 5.74) is 0.460. The van der Waals surface area contributed by atoms with E-state index in [0.29, 0.717) is 29.4 Å². The Balaban J connectivity index is 1.96. The normalized spacial score (nSPS) is 12.5. The van der Waals surface area contributed by atoms with Gasteiger partial charge in [0.1, 0.15) is 5.75 Å². The lowest BCUT2D eigenvalue weighted by Crippen LogP contribution is -2.00. The van der Waals surface area contributed by atoms with Crippen LogP contribution in [0.1, 0.15) is 29.6 Å². The molecule has 18 heavy (non-hydrogen) atoms. The lowest BCUT2D eigenvalue weighted by molar-refractivity contribution is 0.111. The molecular formula is C13H16O5. The van der Waals surface area contributed by atoms with E-state index in [1.165, 1.54) is 0 Å². The monoisotopic (exact) mass is 252 g/mol. The van der Waals surface area contributed by atoms with E-state index in [9.17, 15) is 4.79 Å². The van der Waals surface area contributed by atoms with Crippen molar-refractivity contribution in [3.63, 3.8) is 0 Å². The number of carbonyl (C=O) groups excluding carboxylic acids is 1. The molecule has 1 aromatic rings. The molecule has 0 bridgehead atoms. The molecule has 98 valence electrons. The Morgan fingerprint density at radius 3 is 2.72 bits per heavy atom. The number of benzene rings is 1. The molecule has 0 aromatic heterocycles. The van der Waals surface area contributed by atoms with Gasteiger partial charge in [0.15, 0.2) is 17.8 Å². The van der Waals surface area contributed by atoms with E-state index in [1.54, 1.807) is 12.1 Å². The number of aldehydes is 1. The average molecular weight is 252 g/mol. The van der Waals surface area contributed by atoms with E-state index in [-0.39, 0.29) is 13.4 Å². The van der Waals surface area contributed by atoms with Gasteiger partial charge in [-0.3, -0.25) is 4.79 Å². The van der Waals surface area contributed by atoms with Gasteiger partial charge in [-0.05, 0) is 25.3 Å². The van der Waals surface area contributed by atoms with Crippen LogP contribution in [-0.2, 0) is 0 Å². The first-order valence-corrected chi connectivity index (χ1v) is 5.97. The summed E-state index contributed by atoms with van der Waals surface area (Å²) in [7, 11) is 0. The molecule has 0 aliphatic carbocycles. The number of carbonyl (C=O) groups is 1. The Hall–Kier alpha value is -1.75. The van der Waals surface area contributed by atoms with Crippen LogP contribution in [0.2, 0.25) is 0 Å². The van der Waals surface area contributed by atoms with Crippen molar-refractivity contribution in [3.05, 3.63) is 17.7 Å². The zero-order valence-electron chi connectivity index (χ0n) is 10.1. The topological polar surface area (TPSA) is 65.0 Å². The number of aliphatic hydroxyl groups is 1. The molecule has 1 aliphatic heterocycles. The third kappa shape index (κ3) is 2.92. The van der Waals surface area contributed by atoms with Crippen LogP contribution in [0.4, 0.5) is 0 Å². The summed E-state index contributed by atoms with van der Waals surface area (Å²) >= 11 is 0. The number of ether oxygens (including phenoxy) is 3. The van der Waals surface area contributed by atoms with Crippen LogP contribution in [0.15, 0.2) is 12.1 Å². The summed E-state index contributed by atoms with van der Waals surface area (Å²) in [6.07, 6.45) is 3.25. The fourth-order valence-corrected chi connectivity index (χ4v) is 1.73. The Morgan fingerprint density at radius 2 is 2.00 bits per heavy atom. The number of hydrogen-bond donors (Lipinski definition) is 1. The van der Waals surface area contributed by atoms with E-state index in [4.69, 9.17) is 19.3 Å². The molecule has 2 rings (SSSR count). The first-order chi connectivity index (χ1) is 8.85. The standard InChI is InChI=1S/C13H16O5/c14-4-2-1-3-5-16-11-7-13-12(17-9-18-13)6-10(11)8-15/h6-8,14H,1-5,9H2. The van der Waals surface area contributed by atoms with Crippen molar-refractivity contribution >= 4 is 6.29 Å². The highest BCUT2D eigenvalue weighted by molar-refractivity contribution is 5.81. The van der Waals surface area contributed by atoms with Crippen molar-refractivity contribution in [2.75, 3.05) is 20.0 Å². The summed E-state index contributed by atoms with van der Waals surface area (Å²) < 4.78 is 16.0. The van der Waals surface area contributed by atoms with Crippen molar-refractivity contribution in [2.24, 2.45) is 0 Å². The molecule has 0 fully saturated rings. The van der Waals surface area contributed by atoms with Crippen LogP contribution in [-0.4, -0.2) is 31.4 Å². The lowest BCUT2D eigenvalue weighted by Gasteiger charge is -2.09. The second-order valence-corrected chi connectivity index (χ2v) is 3.99. The van der Waals surface area contributed by atoms with Gasteiger partial charge in [0.25, 0.3) is 0 Å². The molecule has 0 atom stereocenters. The Bertz CT molecular complexity index is 416. The van der Waals surface area contributed by atoms with Crippen LogP contribution >= 0.6 is 0 Å². The molecular weight excluding hydrogens is 236 g/mol. The molecule has 0 amide bonds. The predicted octanol–water partition coefficient (Wildman–Crippen LogP) is 1.77. The molecule has 1 N–H and O–H groups in total. The van der Waals surface area contributed by atoms with Crippen molar-refractivity contribution in [1.82, 2.24) is 0 Å². The van der Waals surface area contributed by atoms with Gasteiger partial charge >= 0.3 is 0 Å². The van der Waals surface area contributed by atoms with Crippen molar-refractivity contribution in [1.29, 1.82) is 0 Å². The summed E-state index contributed by atoms with van der Waals surface area (Å²) in [5, 5.41) is 8.65. The molecule has 1 aromatic carbocycles. The molecule has 0 saturated heterocycles. The summed E-state index contributed by atoms with van der Waals surface area (Å²) in [6.45, 7) is 0.887. The van der Waals surface area contributed by atoms with E-state index in [0.717, 1.165) is 25.5 Å². The third-order valence-electron chi connectivity index (χ3n) is 2.69. The van der Waals surface area contributed by atoms with Gasteiger partial charge in [-0.2, -0.15) is 0 Å². The van der Waals surface area contributed by atoms with Crippen LogP contribution in [0, 0.1) is 0 Å². The molecule has 1 aliphatic rings. The molecule has 5 nitrogen and oxygen atoms in total. The minimum absolute atomic E-state index is 0.174. The van der Waals surface area contributed by atoms with Gasteiger partial charge in [-0.25, -0.2) is 0 Å². The maximum atomic E-state index is 11.0. The molecule has 5 heteroatoms. The third-order valence-corrected chi connectivity index (χ3v) is 2.69. The molecule has 1 heterocycles. The highest BCUT2D eigenvalue weighted by Gasteiger charge is 2.17. The maximum absolute atomic E-state index is 11.0. The minimum atomic E-state index is 0.174. The molecule has 0 saturated carbocycles. The maximum Gasteiger partial charge on any atom is 0.231 e. The Kier molecular flexibility index (Phi) is 4.41. The van der Waals surface area contributed by atoms with Crippen LogP contribution < -0.4 is 14.2 Å². The summed E-state index contributed by atoms with van der Waals surface area (Å²) in [4.78, 5) is 11.0. The fourth-order valence-electron chi connectivity index (χ4n) is 1.73. The van der Waals surface area contributed by atoms with E-state index >= 15 is 0 Å². The first-order valence-electron chi connectivity index (χ1n) is 5.97. The van der Waals surface area contributed by atoms with E-state index < -0.39 is 0 Å². The minimum Gasteiger partial charge on any atom is -0.493 e. The average Bonchev–Trinajstić information content (AvgIpc) is 2.84. The highest BCUT2D eigenvalue weighted by Crippen LogP contribution is 2.37. The molecule has 0 spiro atoms. The SMILES string of the molecule is O=Cc1cc2c(cc1OCCCCCO)OCO2. The molecule has 0 unspecified atom stereocenters. The summed E-state index contributed by atoms with van der Waals surface area (Å²) in [6, 6.07) is 3.30. The van der Waals surface area contributed by atoms with E-state index in [2.05, 4.69) is 0 Å². The van der Waals surface area contributed by atoms with Crippen molar-refractivity contribution in [2.45, 2.75) is 19.3 Å². The van der Waals surface area contributed by atoms with Gasteiger partial charge in [0.2, 0.25) is 6.79 Å². The number of rotatable bonds is 7. The number of fused-ring (bicyclic) bond motifs is 1. The molecule has 0 radical (unpaired) electrons. The number of unbranched alkanes of at least 4 members (excludes halogenated alkanes) is 2. The summed E-state index contributed by atoms with van der Waals surface area (Å²) in [5.74, 6) is 1.69. The van der Waals surface area contributed by atoms with Gasteiger partial charge < -0.3 is 19.3 Å².